The van der Waals surface area contributed by atoms with Gasteiger partial charge >= 0.3 is 5.97 Å². The molecule has 7 heteroatoms. The van der Waals surface area contributed by atoms with E-state index in [9.17, 15) is 19.2 Å². The van der Waals surface area contributed by atoms with E-state index in [0.717, 1.165) is 16.9 Å². The third-order valence-electron chi connectivity index (χ3n) is 7.83. The third kappa shape index (κ3) is 3.85. The number of Topliss-reactive ketones (excluding diaryl/α,β-unsaturated/α-hetero) is 1. The van der Waals surface area contributed by atoms with Crippen LogP contribution in [0, 0.1) is 35.5 Å². The first kappa shape index (κ1) is 21.8. The molecule has 0 spiro atoms. The maximum atomic E-state index is 13.0. The van der Waals surface area contributed by atoms with E-state index in [2.05, 4.69) is 12.2 Å². The predicted molar refractivity (Wildman–Crippen MR) is 124 cm³/mol. The number of ketones is 1. The number of ether oxygens (including phenoxy) is 2. The molecule has 2 aromatic carbocycles. The molecule has 0 N–H and O–H groups in total. The molecule has 4 aliphatic carbocycles. The zero-order chi connectivity index (χ0) is 24.1. The summed E-state index contributed by atoms with van der Waals surface area (Å²) < 4.78 is 10.8. The zero-order valence-corrected chi connectivity index (χ0v) is 19.0. The molecule has 35 heavy (non-hydrogen) atoms. The second-order valence-electron chi connectivity index (χ2n) is 9.80. The van der Waals surface area contributed by atoms with Crippen molar-refractivity contribution in [1.29, 1.82) is 0 Å². The Morgan fingerprint density at radius 1 is 0.857 bits per heavy atom. The number of hydrogen-bond donors (Lipinski definition) is 0. The fourth-order valence-corrected chi connectivity index (χ4v) is 6.06. The lowest BCUT2D eigenvalue weighted by Gasteiger charge is -2.37. The molecule has 0 aromatic heterocycles. The van der Waals surface area contributed by atoms with E-state index in [-0.39, 0.29) is 41.3 Å². The molecule has 178 valence electrons. The van der Waals surface area contributed by atoms with E-state index >= 15 is 0 Å². The van der Waals surface area contributed by atoms with Crippen LogP contribution in [0.1, 0.15) is 22.3 Å². The van der Waals surface area contributed by atoms with Gasteiger partial charge in [-0.2, -0.15) is 0 Å². The van der Waals surface area contributed by atoms with E-state index in [0.29, 0.717) is 29.8 Å². The highest BCUT2D eigenvalue weighted by molar-refractivity contribution is 6.08. The lowest BCUT2D eigenvalue weighted by molar-refractivity contribution is -0.152. The minimum absolute atomic E-state index is 0.105. The lowest BCUT2D eigenvalue weighted by Crippen LogP contribution is -2.40. The monoisotopic (exact) mass is 471 g/mol. The largest absolute Gasteiger partial charge is 0.489 e. The number of nitrogens with zero attached hydrogens (tertiary/aromatic N) is 1. The van der Waals surface area contributed by atoms with Gasteiger partial charge in [-0.1, -0.05) is 42.5 Å². The third-order valence-corrected chi connectivity index (χ3v) is 7.83. The first-order chi connectivity index (χ1) is 17.0. The molecule has 1 aliphatic heterocycles. The maximum absolute atomic E-state index is 13.0. The van der Waals surface area contributed by atoms with Crippen molar-refractivity contribution in [2.45, 2.75) is 13.0 Å². The minimum atomic E-state index is -0.757. The molecule has 1 saturated heterocycles. The first-order valence-corrected chi connectivity index (χ1v) is 12.0. The molecular formula is C28H25NO6. The molecule has 0 radical (unpaired) electrons. The normalized spacial score (nSPS) is 29.5. The summed E-state index contributed by atoms with van der Waals surface area (Å²) in [6, 6.07) is 16.3. The van der Waals surface area contributed by atoms with E-state index in [1.165, 1.54) is 0 Å². The van der Waals surface area contributed by atoms with Gasteiger partial charge in [-0.05, 0) is 59.9 Å². The van der Waals surface area contributed by atoms with Crippen molar-refractivity contribution >= 4 is 23.6 Å². The van der Waals surface area contributed by atoms with Crippen molar-refractivity contribution in [2.75, 3.05) is 13.2 Å². The van der Waals surface area contributed by atoms with E-state index in [1.807, 2.05) is 30.3 Å². The van der Waals surface area contributed by atoms with Gasteiger partial charge in [-0.15, -0.1) is 0 Å². The number of rotatable bonds is 8. The van der Waals surface area contributed by atoms with Gasteiger partial charge in [0.15, 0.2) is 12.4 Å². The highest BCUT2D eigenvalue weighted by atomic mass is 16.5. The summed E-state index contributed by atoms with van der Waals surface area (Å²) >= 11 is 0. The SMILES string of the molecule is O=C(CN1C(=O)[C@@H]2[C@@H]3C=C[C@H]([C@@H]4C[C@H]34)[C@H]2C1=O)OCC(=O)c1ccc(OCc2ccccc2)cc1. The van der Waals surface area contributed by atoms with Crippen LogP contribution in [-0.4, -0.2) is 41.6 Å². The Morgan fingerprint density at radius 3 is 2.11 bits per heavy atom. The molecule has 2 aromatic rings. The Kier molecular flexibility index (Phi) is 5.28. The summed E-state index contributed by atoms with van der Waals surface area (Å²) in [7, 11) is 0. The number of hydrogen-bond acceptors (Lipinski definition) is 6. The van der Waals surface area contributed by atoms with Crippen molar-refractivity contribution in [3.05, 3.63) is 77.9 Å². The Balaban J connectivity index is 1.01. The van der Waals surface area contributed by atoms with E-state index < -0.39 is 19.1 Å². The molecule has 7 rings (SSSR count). The van der Waals surface area contributed by atoms with Crippen molar-refractivity contribution in [3.8, 4) is 5.75 Å². The predicted octanol–water partition coefficient (Wildman–Crippen LogP) is 3.04. The summed E-state index contributed by atoms with van der Waals surface area (Å²) in [5, 5.41) is 0. The lowest BCUT2D eigenvalue weighted by atomic mass is 9.63. The Labute approximate surface area is 202 Å². The fourth-order valence-electron chi connectivity index (χ4n) is 6.06. The summed E-state index contributed by atoms with van der Waals surface area (Å²) in [5.74, 6) is -0.548. The summed E-state index contributed by atoms with van der Waals surface area (Å²) in [6.45, 7) is -0.484. The Bertz CT molecular complexity index is 1180. The number of carbonyl (C=O) groups excluding carboxylic acids is 4. The van der Waals surface area contributed by atoms with Crippen LogP contribution in [0.5, 0.6) is 5.75 Å². The van der Waals surface area contributed by atoms with Gasteiger partial charge in [0, 0.05) is 5.56 Å². The zero-order valence-electron chi connectivity index (χ0n) is 19.0. The number of esters is 1. The quantitative estimate of drug-likeness (QED) is 0.254. The summed E-state index contributed by atoms with van der Waals surface area (Å²) in [4.78, 5) is 51.8. The number of allylic oxidation sites excluding steroid dienone is 2. The standard InChI is InChI=1S/C28H25NO6/c30-23(17-6-8-18(9-7-17)34-14-16-4-2-1-3-5-16)15-35-24(31)13-29-27(32)25-19-10-11-20(22-12-21(19)22)26(25)28(29)33/h1-11,19-22,25-26H,12-15H2/t19-,20-,21-,22+,25-,26-/m1/s1. The van der Waals surface area contributed by atoms with Crippen molar-refractivity contribution in [1.82, 2.24) is 4.90 Å². The van der Waals surface area contributed by atoms with Crippen LogP contribution in [0.25, 0.3) is 0 Å². The van der Waals surface area contributed by atoms with Crippen LogP contribution >= 0.6 is 0 Å². The number of amides is 2. The van der Waals surface area contributed by atoms with E-state index in [1.54, 1.807) is 24.3 Å². The van der Waals surface area contributed by atoms with Crippen molar-refractivity contribution < 1.29 is 28.7 Å². The van der Waals surface area contributed by atoms with Crippen LogP contribution < -0.4 is 4.74 Å². The molecule has 7 nitrogen and oxygen atoms in total. The number of benzene rings is 2. The van der Waals surface area contributed by atoms with Gasteiger partial charge in [0.2, 0.25) is 11.8 Å². The second-order valence-corrected chi connectivity index (χ2v) is 9.80. The van der Waals surface area contributed by atoms with Gasteiger partial charge < -0.3 is 9.47 Å². The van der Waals surface area contributed by atoms with Crippen LogP contribution in [0.2, 0.25) is 0 Å². The van der Waals surface area contributed by atoms with Gasteiger partial charge in [0.1, 0.15) is 18.9 Å². The molecule has 5 aliphatic rings. The Hall–Kier alpha value is -3.74. The topological polar surface area (TPSA) is 90.0 Å². The Morgan fingerprint density at radius 2 is 1.49 bits per heavy atom. The van der Waals surface area contributed by atoms with Crippen LogP contribution in [0.15, 0.2) is 66.7 Å². The fraction of sp³-hybridized carbons (Fsp3) is 0.357. The number of imide groups is 1. The molecule has 3 fully saturated rings. The summed E-state index contributed by atoms with van der Waals surface area (Å²) in [5.41, 5.74) is 1.42. The molecule has 1 heterocycles. The van der Waals surface area contributed by atoms with E-state index in [4.69, 9.17) is 9.47 Å². The van der Waals surface area contributed by atoms with Gasteiger partial charge in [0.25, 0.3) is 0 Å². The van der Waals surface area contributed by atoms with Crippen molar-refractivity contribution in [2.24, 2.45) is 35.5 Å². The average Bonchev–Trinajstić information content (AvgIpc) is 3.68. The van der Waals surface area contributed by atoms with Crippen LogP contribution in [0.3, 0.4) is 0 Å². The molecule has 2 bridgehead atoms. The van der Waals surface area contributed by atoms with Crippen LogP contribution in [0.4, 0.5) is 0 Å². The highest BCUT2D eigenvalue weighted by Gasteiger charge is 2.67. The van der Waals surface area contributed by atoms with Crippen LogP contribution in [-0.2, 0) is 25.7 Å². The molecule has 2 amide bonds. The highest BCUT2D eigenvalue weighted by Crippen LogP contribution is 2.65. The summed E-state index contributed by atoms with van der Waals surface area (Å²) in [6.07, 6.45) is 5.26. The van der Waals surface area contributed by atoms with Gasteiger partial charge in [0.05, 0.1) is 11.8 Å². The second kappa shape index (κ2) is 8.48. The first-order valence-electron chi connectivity index (χ1n) is 12.0. The average molecular weight is 472 g/mol. The smallest absolute Gasteiger partial charge is 0.326 e. The molecule has 0 unspecified atom stereocenters. The minimum Gasteiger partial charge on any atom is -0.489 e. The molecule has 2 saturated carbocycles. The molecular weight excluding hydrogens is 446 g/mol. The number of likely N-dealkylation sites (tertiary alicyclic amines) is 1. The molecule has 6 atom stereocenters. The van der Waals surface area contributed by atoms with Gasteiger partial charge in [-0.25, -0.2) is 0 Å². The number of carbonyl (C=O) groups is 4. The van der Waals surface area contributed by atoms with Crippen molar-refractivity contribution in [3.63, 3.8) is 0 Å². The van der Waals surface area contributed by atoms with Gasteiger partial charge in [-0.3, -0.25) is 24.1 Å². The maximum Gasteiger partial charge on any atom is 0.326 e.